The summed E-state index contributed by atoms with van der Waals surface area (Å²) in [6.45, 7) is 10.3. The number of hydrogen-bond donors (Lipinski definition) is 4. The number of carbonyl (C=O) groups is 4. The number of para-hydroxylation sites is 1. The van der Waals surface area contributed by atoms with Gasteiger partial charge in [0.1, 0.15) is 30.0 Å². The Kier molecular flexibility index (Phi) is 10.1. The number of esters is 1. The molecule has 0 aromatic heterocycles. The maximum atomic E-state index is 13.7. The maximum Gasteiger partial charge on any atom is 0.408 e. The zero-order chi connectivity index (χ0) is 27.1. The summed E-state index contributed by atoms with van der Waals surface area (Å²) >= 11 is 0. The van der Waals surface area contributed by atoms with Crippen molar-refractivity contribution >= 4 is 23.9 Å². The Balaban J connectivity index is 3.54. The number of benzene rings is 1. The number of alkyl carbamates (subject to hydrolysis) is 1. The van der Waals surface area contributed by atoms with E-state index in [2.05, 4.69) is 15.4 Å². The van der Waals surface area contributed by atoms with Crippen LogP contribution >= 0.6 is 0 Å². The summed E-state index contributed by atoms with van der Waals surface area (Å²) in [5.74, 6) is -2.49. The van der Waals surface area contributed by atoms with Gasteiger partial charge in [-0.05, 0) is 54.0 Å². The zero-order valence-electron chi connectivity index (χ0n) is 21.6. The number of amides is 3. The fraction of sp³-hybridized carbons (Fsp3) is 0.583. The molecule has 11 heteroatoms. The van der Waals surface area contributed by atoms with Crippen LogP contribution in [-0.2, 0) is 23.9 Å². The number of aliphatic hydroxyl groups excluding tert-OH is 1. The van der Waals surface area contributed by atoms with E-state index in [-0.39, 0.29) is 11.3 Å². The van der Waals surface area contributed by atoms with Gasteiger partial charge in [0.2, 0.25) is 11.8 Å². The van der Waals surface area contributed by atoms with Gasteiger partial charge in [-0.3, -0.25) is 14.4 Å². The second-order valence-corrected chi connectivity index (χ2v) is 9.97. The van der Waals surface area contributed by atoms with Crippen molar-refractivity contribution in [2.45, 2.75) is 71.7 Å². The van der Waals surface area contributed by atoms with Gasteiger partial charge in [0.15, 0.2) is 0 Å². The average molecular weight is 496 g/mol. The molecule has 0 spiro atoms. The lowest BCUT2D eigenvalue weighted by atomic mass is 9.94. The number of nitrogens with zero attached hydrogens (tertiary/aromatic N) is 1. The molecule has 3 amide bonds. The highest BCUT2D eigenvalue weighted by atomic mass is 16.6. The number of methoxy groups -OCH3 is 1. The summed E-state index contributed by atoms with van der Waals surface area (Å²) in [4.78, 5) is 52.1. The second-order valence-electron chi connectivity index (χ2n) is 9.97. The van der Waals surface area contributed by atoms with Crippen LogP contribution in [0.1, 0.15) is 58.7 Å². The Morgan fingerprint density at radius 1 is 1.09 bits per heavy atom. The minimum atomic E-state index is -1.45. The molecule has 2 unspecified atom stereocenters. The lowest BCUT2D eigenvalue weighted by Crippen LogP contribution is -2.59. The predicted octanol–water partition coefficient (Wildman–Crippen LogP) is 1.54. The smallest absolute Gasteiger partial charge is 0.408 e. The van der Waals surface area contributed by atoms with Gasteiger partial charge in [-0.15, -0.1) is 0 Å². The Bertz CT molecular complexity index is 934. The van der Waals surface area contributed by atoms with Crippen LogP contribution in [0.15, 0.2) is 18.2 Å². The molecule has 11 nitrogen and oxygen atoms in total. The van der Waals surface area contributed by atoms with Gasteiger partial charge in [0.05, 0.1) is 13.7 Å². The van der Waals surface area contributed by atoms with Gasteiger partial charge < -0.3 is 35.2 Å². The van der Waals surface area contributed by atoms with Gasteiger partial charge in [0.25, 0.3) is 0 Å². The first-order chi connectivity index (χ1) is 16.0. The van der Waals surface area contributed by atoms with Crippen molar-refractivity contribution in [1.82, 2.24) is 15.5 Å². The van der Waals surface area contributed by atoms with Gasteiger partial charge >= 0.3 is 12.1 Å². The van der Waals surface area contributed by atoms with Gasteiger partial charge in [-0.1, -0.05) is 18.2 Å². The van der Waals surface area contributed by atoms with Crippen LogP contribution in [0.3, 0.4) is 0 Å². The van der Waals surface area contributed by atoms with E-state index in [0.717, 1.165) is 12.0 Å². The monoisotopic (exact) mass is 495 g/mol. The lowest BCUT2D eigenvalue weighted by molar-refractivity contribution is -0.150. The van der Waals surface area contributed by atoms with Crippen molar-refractivity contribution in [2.75, 3.05) is 20.3 Å². The van der Waals surface area contributed by atoms with E-state index >= 15 is 0 Å². The number of ether oxygens (including phenoxy) is 2. The van der Waals surface area contributed by atoms with Crippen molar-refractivity contribution in [3.8, 4) is 5.75 Å². The summed E-state index contributed by atoms with van der Waals surface area (Å²) in [5.41, 5.74) is -1.32. The van der Waals surface area contributed by atoms with E-state index in [1.54, 1.807) is 60.6 Å². The molecule has 35 heavy (non-hydrogen) atoms. The first kappa shape index (κ1) is 29.7. The van der Waals surface area contributed by atoms with E-state index in [1.165, 1.54) is 6.07 Å². The summed E-state index contributed by atoms with van der Waals surface area (Å²) in [6, 6.07) is 1.85. The summed E-state index contributed by atoms with van der Waals surface area (Å²) < 4.78 is 9.75. The number of hydrogen-bond acceptors (Lipinski definition) is 8. The molecule has 0 fully saturated rings. The third kappa shape index (κ3) is 8.43. The Morgan fingerprint density at radius 3 is 2.17 bits per heavy atom. The first-order valence-electron chi connectivity index (χ1n) is 11.1. The van der Waals surface area contributed by atoms with Crippen LogP contribution in [0.5, 0.6) is 5.75 Å². The third-order valence-corrected chi connectivity index (χ3v) is 4.84. The molecule has 0 saturated heterocycles. The molecule has 4 N–H and O–H groups in total. The number of nitrogens with one attached hydrogen (secondary N) is 2. The maximum absolute atomic E-state index is 13.7. The normalized spacial score (nSPS) is 13.3. The van der Waals surface area contributed by atoms with Crippen LogP contribution < -0.4 is 10.6 Å². The van der Waals surface area contributed by atoms with Crippen molar-refractivity contribution in [1.29, 1.82) is 0 Å². The van der Waals surface area contributed by atoms with E-state index in [9.17, 15) is 29.4 Å². The fourth-order valence-corrected chi connectivity index (χ4v) is 3.28. The molecule has 0 aliphatic carbocycles. The molecule has 0 bridgehead atoms. The quantitative estimate of drug-likeness (QED) is 0.396. The lowest BCUT2D eigenvalue weighted by Gasteiger charge is -2.43. The second kappa shape index (κ2) is 11.9. The minimum Gasteiger partial charge on any atom is -0.507 e. The molecule has 1 aromatic rings. The summed E-state index contributed by atoms with van der Waals surface area (Å²) in [5, 5.41) is 25.4. The Labute approximate surface area is 205 Å². The number of aliphatic hydroxyl groups is 1. The highest BCUT2D eigenvalue weighted by Crippen LogP contribution is 2.36. The average Bonchev–Trinajstić information content (AvgIpc) is 2.73. The van der Waals surface area contributed by atoms with E-state index in [0.29, 0.717) is 5.56 Å². The molecular weight excluding hydrogens is 458 g/mol. The number of carbonyl (C=O) groups excluding carboxylic acids is 4. The fourth-order valence-electron chi connectivity index (χ4n) is 3.28. The molecule has 0 heterocycles. The van der Waals surface area contributed by atoms with E-state index in [1.807, 2.05) is 0 Å². The molecule has 1 rings (SSSR count). The van der Waals surface area contributed by atoms with Crippen LogP contribution in [0.4, 0.5) is 4.79 Å². The molecule has 0 saturated carbocycles. The highest BCUT2D eigenvalue weighted by molar-refractivity contribution is 5.94. The SMILES string of the molecule is COC(=O)CNC(=O)C(c1cccc(C)c1O)N(C(=O)C(CO)NC(=O)OC(C)(C)C)C(C)(C)C. The van der Waals surface area contributed by atoms with Gasteiger partial charge in [0, 0.05) is 11.1 Å². The summed E-state index contributed by atoms with van der Waals surface area (Å²) in [7, 11) is 1.16. The van der Waals surface area contributed by atoms with Crippen molar-refractivity contribution in [3.05, 3.63) is 29.3 Å². The van der Waals surface area contributed by atoms with Crippen molar-refractivity contribution in [3.63, 3.8) is 0 Å². The molecule has 196 valence electrons. The van der Waals surface area contributed by atoms with Gasteiger partial charge in [-0.2, -0.15) is 0 Å². The molecule has 0 aliphatic heterocycles. The standard InChI is InChI=1S/C24H37N3O8/c1-14-10-9-11-15(19(14)30)18(20(31)25-12-17(29)34-8)27(23(2,3)4)21(32)16(13-28)26-22(33)35-24(5,6)7/h9-11,16,18,28,30H,12-13H2,1-8H3,(H,25,31)(H,26,33). The number of aryl methyl sites for hydroxylation is 1. The number of aromatic hydroxyl groups is 1. The van der Waals surface area contributed by atoms with Crippen molar-refractivity contribution < 1.29 is 38.9 Å². The largest absolute Gasteiger partial charge is 0.507 e. The molecule has 0 radical (unpaired) electrons. The molecule has 0 aliphatic rings. The number of phenols is 1. The van der Waals surface area contributed by atoms with Gasteiger partial charge in [-0.25, -0.2) is 4.79 Å². The third-order valence-electron chi connectivity index (χ3n) is 4.84. The van der Waals surface area contributed by atoms with Crippen LogP contribution in [-0.4, -0.2) is 76.4 Å². The van der Waals surface area contributed by atoms with Crippen LogP contribution in [0, 0.1) is 6.92 Å². The van der Waals surface area contributed by atoms with Crippen LogP contribution in [0.2, 0.25) is 0 Å². The van der Waals surface area contributed by atoms with Crippen LogP contribution in [0.25, 0.3) is 0 Å². The van der Waals surface area contributed by atoms with Crippen molar-refractivity contribution in [2.24, 2.45) is 0 Å². The molecular formula is C24H37N3O8. The topological polar surface area (TPSA) is 154 Å². The highest BCUT2D eigenvalue weighted by Gasteiger charge is 2.43. The summed E-state index contributed by atoms with van der Waals surface area (Å²) in [6.07, 6.45) is -0.927. The van der Waals surface area contributed by atoms with E-state index < -0.39 is 60.3 Å². The molecule has 2 atom stereocenters. The van der Waals surface area contributed by atoms with E-state index in [4.69, 9.17) is 4.74 Å². The minimum absolute atomic E-state index is 0.101. The number of rotatable bonds is 8. The Hall–Kier alpha value is -3.34. The Morgan fingerprint density at radius 2 is 1.69 bits per heavy atom. The number of phenolic OH excluding ortho intramolecular Hbond substituents is 1. The molecule has 1 aromatic carbocycles. The zero-order valence-corrected chi connectivity index (χ0v) is 21.6. The predicted molar refractivity (Wildman–Crippen MR) is 127 cm³/mol. The first-order valence-corrected chi connectivity index (χ1v) is 11.1.